The van der Waals surface area contributed by atoms with E-state index in [4.69, 9.17) is 4.74 Å². The van der Waals surface area contributed by atoms with Gasteiger partial charge in [-0.05, 0) is 17.7 Å². The van der Waals surface area contributed by atoms with Crippen LogP contribution in [0.5, 0.6) is 0 Å². The highest BCUT2D eigenvalue weighted by Gasteiger charge is 2.50. The summed E-state index contributed by atoms with van der Waals surface area (Å²) in [6, 6.07) is 9.25. The first-order chi connectivity index (χ1) is 11.0. The first kappa shape index (κ1) is 17.3. The van der Waals surface area contributed by atoms with Gasteiger partial charge in [-0.15, -0.1) is 11.8 Å². The number of esters is 1. The number of hydrogen-bond donors (Lipinski definition) is 1. The fourth-order valence-corrected chi connectivity index (χ4v) is 3.35. The highest BCUT2D eigenvalue weighted by atomic mass is 32.2. The summed E-state index contributed by atoms with van der Waals surface area (Å²) >= 11 is 1.19. The number of ether oxygens (including phenoxy) is 1. The molecule has 0 saturated carbocycles. The number of hydrogen-bond acceptors (Lipinski definition) is 5. The summed E-state index contributed by atoms with van der Waals surface area (Å²) in [5, 5.41) is 8.56. The van der Waals surface area contributed by atoms with E-state index in [9.17, 15) is 14.7 Å². The lowest BCUT2D eigenvalue weighted by Crippen LogP contribution is -2.49. The van der Waals surface area contributed by atoms with Crippen molar-refractivity contribution >= 4 is 29.9 Å². The van der Waals surface area contributed by atoms with E-state index >= 15 is 0 Å². The van der Waals surface area contributed by atoms with E-state index in [2.05, 4.69) is 4.99 Å². The Balaban J connectivity index is 2.19. The Bertz CT molecular complexity index is 613. The van der Waals surface area contributed by atoms with Gasteiger partial charge in [0.05, 0.1) is 0 Å². The van der Waals surface area contributed by atoms with Gasteiger partial charge in [0.25, 0.3) is 0 Å². The smallest absolute Gasteiger partial charge is 0.340 e. The number of carboxylic acid groups (broad SMARTS) is 1. The molecule has 0 fully saturated rings. The Hall–Kier alpha value is -2.08. The molecule has 122 valence electrons. The van der Waals surface area contributed by atoms with E-state index in [-0.39, 0.29) is 11.9 Å². The van der Waals surface area contributed by atoms with Crippen LogP contribution >= 0.6 is 11.8 Å². The van der Waals surface area contributed by atoms with Gasteiger partial charge < -0.3 is 9.84 Å². The summed E-state index contributed by atoms with van der Waals surface area (Å²) in [5.41, 5.74) is -0.666. The fourth-order valence-electron chi connectivity index (χ4n) is 2.24. The molecule has 0 saturated heterocycles. The zero-order valence-corrected chi connectivity index (χ0v) is 13.8. The molecule has 0 spiro atoms. The van der Waals surface area contributed by atoms with Crippen LogP contribution in [-0.4, -0.2) is 39.3 Å². The van der Waals surface area contributed by atoms with Crippen molar-refractivity contribution in [1.82, 2.24) is 0 Å². The van der Waals surface area contributed by atoms with Crippen LogP contribution in [0.2, 0.25) is 0 Å². The summed E-state index contributed by atoms with van der Waals surface area (Å²) in [5.74, 6) is -1.73. The van der Waals surface area contributed by atoms with Crippen molar-refractivity contribution in [3.8, 4) is 0 Å². The van der Waals surface area contributed by atoms with Crippen LogP contribution in [0, 0.1) is 0 Å². The van der Waals surface area contributed by atoms with Gasteiger partial charge >= 0.3 is 11.9 Å². The maximum Gasteiger partial charge on any atom is 0.340 e. The minimum atomic E-state index is -1.50. The van der Waals surface area contributed by atoms with E-state index in [1.165, 1.54) is 24.1 Å². The second kappa shape index (κ2) is 7.46. The molecule has 1 aromatic rings. The van der Waals surface area contributed by atoms with Gasteiger partial charge in [-0.2, -0.15) is 0 Å². The van der Waals surface area contributed by atoms with Crippen LogP contribution in [-0.2, 0) is 20.9 Å². The number of thioether (sulfide) groups is 1. The van der Waals surface area contributed by atoms with Crippen molar-refractivity contribution in [2.75, 3.05) is 0 Å². The van der Waals surface area contributed by atoms with E-state index in [0.717, 1.165) is 5.56 Å². The van der Waals surface area contributed by atoms with Crippen LogP contribution in [0.3, 0.4) is 0 Å². The molecule has 0 aliphatic carbocycles. The molecule has 2 rings (SSSR count). The molecule has 0 aromatic heterocycles. The van der Waals surface area contributed by atoms with Crippen molar-refractivity contribution in [1.29, 1.82) is 0 Å². The number of carboxylic acids is 1. The number of carbonyl (C=O) groups is 2. The monoisotopic (exact) mass is 333 g/mol. The van der Waals surface area contributed by atoms with Crippen LogP contribution in [0.25, 0.3) is 0 Å². The van der Waals surface area contributed by atoms with Gasteiger partial charge in [-0.3, -0.25) is 9.79 Å². The Morgan fingerprint density at radius 3 is 2.52 bits per heavy atom. The van der Waals surface area contributed by atoms with Gasteiger partial charge in [0.2, 0.25) is 0 Å². The van der Waals surface area contributed by atoms with Crippen molar-refractivity contribution in [2.45, 2.75) is 36.5 Å². The fraction of sp³-hybridized carbons (Fsp3) is 0.353. The van der Waals surface area contributed by atoms with E-state index in [1.807, 2.05) is 44.2 Å². The molecule has 2 unspecified atom stereocenters. The molecule has 0 radical (unpaired) electrons. The highest BCUT2D eigenvalue weighted by Crippen LogP contribution is 2.35. The molecule has 1 heterocycles. The average Bonchev–Trinajstić information content (AvgIpc) is 3.01. The van der Waals surface area contributed by atoms with Crippen molar-refractivity contribution in [2.24, 2.45) is 4.99 Å². The zero-order chi connectivity index (χ0) is 16.9. The number of rotatable bonds is 7. The first-order valence-electron chi connectivity index (χ1n) is 7.28. The largest absolute Gasteiger partial charge is 0.480 e. The number of allylic oxidation sites excluding steroid dienone is 1. The van der Waals surface area contributed by atoms with E-state index in [1.54, 1.807) is 6.08 Å². The third kappa shape index (κ3) is 4.01. The van der Waals surface area contributed by atoms with Crippen LogP contribution in [0.4, 0.5) is 0 Å². The van der Waals surface area contributed by atoms with Crippen LogP contribution < -0.4 is 0 Å². The third-order valence-electron chi connectivity index (χ3n) is 3.30. The predicted octanol–water partition coefficient (Wildman–Crippen LogP) is 2.70. The molecule has 6 heteroatoms. The zero-order valence-electron chi connectivity index (χ0n) is 13.0. The van der Waals surface area contributed by atoms with Gasteiger partial charge in [-0.25, -0.2) is 4.79 Å². The molecule has 0 bridgehead atoms. The Labute approximate surface area is 139 Å². The maximum absolute atomic E-state index is 12.6. The van der Waals surface area contributed by atoms with Crippen molar-refractivity contribution in [3.05, 3.63) is 48.0 Å². The predicted molar refractivity (Wildman–Crippen MR) is 90.8 cm³/mol. The minimum absolute atomic E-state index is 0.0408. The standard InChI is InChI=1S/C17H19NO4S/c1-12(2)23-14(15(19)20)17(9-6-10-18-17)16(21)22-11-13-7-4-3-5-8-13/h3-10,12,14H,11H2,1-2H3,(H,19,20). The highest BCUT2D eigenvalue weighted by molar-refractivity contribution is 8.01. The Kier molecular flexibility index (Phi) is 5.60. The van der Waals surface area contributed by atoms with Crippen molar-refractivity contribution in [3.63, 3.8) is 0 Å². The van der Waals surface area contributed by atoms with Crippen LogP contribution in [0.1, 0.15) is 19.4 Å². The van der Waals surface area contributed by atoms with Gasteiger partial charge in [-0.1, -0.05) is 44.2 Å². The van der Waals surface area contributed by atoms with E-state index in [0.29, 0.717) is 0 Å². The lowest BCUT2D eigenvalue weighted by Gasteiger charge is -2.29. The number of aliphatic imine (C=N–C) groups is 1. The normalized spacial score (nSPS) is 20.7. The molecule has 5 nitrogen and oxygen atoms in total. The Morgan fingerprint density at radius 1 is 1.30 bits per heavy atom. The van der Waals surface area contributed by atoms with Crippen LogP contribution in [0.15, 0.2) is 47.5 Å². The molecule has 1 N–H and O–H groups in total. The number of aliphatic carboxylic acids is 1. The summed E-state index contributed by atoms with van der Waals surface area (Å²) in [4.78, 5) is 28.4. The molecule has 0 amide bonds. The molecule has 2 atom stereocenters. The molecular weight excluding hydrogens is 314 g/mol. The molecular formula is C17H19NO4S. The molecule has 23 heavy (non-hydrogen) atoms. The topological polar surface area (TPSA) is 76.0 Å². The summed E-state index contributed by atoms with van der Waals surface area (Å²) in [6.45, 7) is 3.85. The third-order valence-corrected chi connectivity index (χ3v) is 4.67. The van der Waals surface area contributed by atoms with Crippen molar-refractivity contribution < 1.29 is 19.4 Å². The number of nitrogens with zero attached hydrogens (tertiary/aromatic N) is 1. The lowest BCUT2D eigenvalue weighted by molar-refractivity contribution is -0.153. The number of carbonyl (C=O) groups excluding carboxylic acids is 1. The second-order valence-electron chi connectivity index (χ2n) is 5.43. The lowest BCUT2D eigenvalue weighted by atomic mass is 9.96. The first-order valence-corrected chi connectivity index (χ1v) is 8.22. The van der Waals surface area contributed by atoms with Gasteiger partial charge in [0, 0.05) is 11.5 Å². The average molecular weight is 333 g/mol. The summed E-state index contributed by atoms with van der Waals surface area (Å²) in [6.07, 6.45) is 4.54. The molecule has 1 aliphatic rings. The minimum Gasteiger partial charge on any atom is -0.480 e. The molecule has 1 aliphatic heterocycles. The van der Waals surface area contributed by atoms with Gasteiger partial charge in [0.1, 0.15) is 11.9 Å². The molecule has 1 aromatic carbocycles. The quantitative estimate of drug-likeness (QED) is 0.777. The second-order valence-corrected chi connectivity index (χ2v) is 7.11. The van der Waals surface area contributed by atoms with Gasteiger partial charge in [0.15, 0.2) is 5.54 Å². The SMILES string of the molecule is CC(C)SC(C(=O)O)C1(C(=O)OCc2ccccc2)C=CC=N1. The summed E-state index contributed by atoms with van der Waals surface area (Å²) < 4.78 is 5.35. The van der Waals surface area contributed by atoms with E-state index < -0.39 is 22.7 Å². The maximum atomic E-state index is 12.6. The Morgan fingerprint density at radius 2 is 2.00 bits per heavy atom. The summed E-state index contributed by atoms with van der Waals surface area (Å²) in [7, 11) is 0. The number of benzene rings is 1.